The lowest BCUT2D eigenvalue weighted by molar-refractivity contribution is 0.0956. The molecule has 0 bridgehead atoms. The first-order valence-corrected chi connectivity index (χ1v) is 4.28. The Labute approximate surface area is 76.8 Å². The van der Waals surface area contributed by atoms with Crippen LogP contribution in [-0.4, -0.2) is 5.78 Å². The monoisotopic (exact) mass is 171 g/mol. The number of nitrogens with zero attached hydrogens (tertiary/aromatic N) is 1. The lowest BCUT2D eigenvalue weighted by Crippen LogP contribution is -2.08. The van der Waals surface area contributed by atoms with Gasteiger partial charge in [0.15, 0.2) is 5.78 Å². The average molecular weight is 171 g/mol. The molecule has 2 atom stereocenters. The van der Waals surface area contributed by atoms with E-state index in [0.29, 0.717) is 0 Å². The number of rotatable bonds is 0. The molecule has 2 rings (SSSR count). The highest BCUT2D eigenvalue weighted by Gasteiger charge is 2.36. The Morgan fingerprint density at radius 1 is 1.38 bits per heavy atom. The molecule has 0 amide bonds. The van der Waals surface area contributed by atoms with Crippen LogP contribution in [0.5, 0.6) is 0 Å². The van der Waals surface area contributed by atoms with Crippen molar-refractivity contribution in [3.8, 4) is 6.07 Å². The second-order valence-electron chi connectivity index (χ2n) is 3.35. The standard InChI is InChI=1S/C11H9NO/c1-7-8-4-2-3-5-9(8)11(13)10(7)6-12/h2-5,7,10H,1H3. The first kappa shape index (κ1) is 8.00. The number of hydrogen-bond acceptors (Lipinski definition) is 2. The molecule has 1 aromatic rings. The molecule has 64 valence electrons. The molecule has 0 saturated heterocycles. The molecule has 0 heterocycles. The second kappa shape index (κ2) is 2.70. The zero-order chi connectivity index (χ0) is 9.42. The largest absolute Gasteiger partial charge is 0.293 e. The van der Waals surface area contributed by atoms with Crippen LogP contribution in [0.15, 0.2) is 24.3 Å². The Morgan fingerprint density at radius 3 is 2.69 bits per heavy atom. The number of nitriles is 1. The van der Waals surface area contributed by atoms with E-state index in [-0.39, 0.29) is 11.7 Å². The fraction of sp³-hybridized carbons (Fsp3) is 0.273. The number of ketones is 1. The van der Waals surface area contributed by atoms with Gasteiger partial charge in [-0.1, -0.05) is 31.2 Å². The third kappa shape index (κ3) is 0.972. The molecule has 13 heavy (non-hydrogen) atoms. The van der Waals surface area contributed by atoms with E-state index in [1.807, 2.05) is 25.1 Å². The Balaban J connectivity index is 2.58. The van der Waals surface area contributed by atoms with Crippen molar-refractivity contribution < 1.29 is 4.79 Å². The first-order valence-electron chi connectivity index (χ1n) is 4.28. The highest BCUT2D eigenvalue weighted by molar-refractivity contribution is 6.04. The second-order valence-corrected chi connectivity index (χ2v) is 3.35. The summed E-state index contributed by atoms with van der Waals surface area (Å²) in [5.74, 6) is -0.448. The van der Waals surface area contributed by atoms with Gasteiger partial charge in [0.1, 0.15) is 5.92 Å². The van der Waals surface area contributed by atoms with Crippen molar-refractivity contribution in [2.24, 2.45) is 5.92 Å². The summed E-state index contributed by atoms with van der Waals surface area (Å²) in [5, 5.41) is 8.81. The van der Waals surface area contributed by atoms with Crippen LogP contribution in [0.25, 0.3) is 0 Å². The van der Waals surface area contributed by atoms with Gasteiger partial charge in [-0.2, -0.15) is 5.26 Å². The van der Waals surface area contributed by atoms with E-state index in [4.69, 9.17) is 5.26 Å². The Hall–Kier alpha value is -1.62. The van der Waals surface area contributed by atoms with Crippen molar-refractivity contribution in [3.63, 3.8) is 0 Å². The van der Waals surface area contributed by atoms with Gasteiger partial charge in [0.25, 0.3) is 0 Å². The summed E-state index contributed by atoms with van der Waals surface area (Å²) >= 11 is 0. The quantitative estimate of drug-likeness (QED) is 0.600. The molecular formula is C11H9NO. The molecule has 0 aliphatic heterocycles. The molecule has 1 aliphatic carbocycles. The van der Waals surface area contributed by atoms with E-state index in [0.717, 1.165) is 11.1 Å². The SMILES string of the molecule is CC1c2ccccc2C(=O)C1C#N. The zero-order valence-corrected chi connectivity index (χ0v) is 7.32. The van der Waals surface area contributed by atoms with Crippen molar-refractivity contribution >= 4 is 5.78 Å². The Morgan fingerprint density at radius 2 is 2.08 bits per heavy atom. The maximum atomic E-state index is 11.6. The number of benzene rings is 1. The average Bonchev–Trinajstić information content (AvgIpc) is 2.41. The van der Waals surface area contributed by atoms with E-state index < -0.39 is 5.92 Å². The van der Waals surface area contributed by atoms with Gasteiger partial charge in [-0.25, -0.2) is 0 Å². The lowest BCUT2D eigenvalue weighted by Gasteiger charge is -2.04. The smallest absolute Gasteiger partial charge is 0.180 e. The predicted molar refractivity (Wildman–Crippen MR) is 48.3 cm³/mol. The predicted octanol–water partition coefficient (Wildman–Crippen LogP) is 2.13. The summed E-state index contributed by atoms with van der Waals surface area (Å²) < 4.78 is 0. The van der Waals surface area contributed by atoms with Crippen LogP contribution in [0.3, 0.4) is 0 Å². The van der Waals surface area contributed by atoms with Gasteiger partial charge in [-0.15, -0.1) is 0 Å². The number of carbonyl (C=O) groups excluding carboxylic acids is 1. The van der Waals surface area contributed by atoms with Gasteiger partial charge in [-0.05, 0) is 5.56 Å². The third-order valence-corrected chi connectivity index (χ3v) is 2.64. The van der Waals surface area contributed by atoms with Crippen molar-refractivity contribution in [2.45, 2.75) is 12.8 Å². The third-order valence-electron chi connectivity index (χ3n) is 2.64. The van der Waals surface area contributed by atoms with Crippen LogP contribution >= 0.6 is 0 Å². The molecule has 0 N–H and O–H groups in total. The zero-order valence-electron chi connectivity index (χ0n) is 7.32. The van der Waals surface area contributed by atoms with Gasteiger partial charge >= 0.3 is 0 Å². The molecule has 0 aromatic heterocycles. The Kier molecular flexibility index (Phi) is 1.66. The van der Waals surface area contributed by atoms with Gasteiger partial charge in [0, 0.05) is 11.5 Å². The molecule has 2 unspecified atom stereocenters. The van der Waals surface area contributed by atoms with Crippen LogP contribution < -0.4 is 0 Å². The summed E-state index contributed by atoms with van der Waals surface area (Å²) in [6.45, 7) is 1.93. The summed E-state index contributed by atoms with van der Waals surface area (Å²) in [7, 11) is 0. The number of fused-ring (bicyclic) bond motifs is 1. The van der Waals surface area contributed by atoms with E-state index >= 15 is 0 Å². The summed E-state index contributed by atoms with van der Waals surface area (Å²) in [4.78, 5) is 11.6. The van der Waals surface area contributed by atoms with Gasteiger partial charge in [-0.3, -0.25) is 4.79 Å². The van der Waals surface area contributed by atoms with E-state index in [2.05, 4.69) is 6.07 Å². The summed E-state index contributed by atoms with van der Waals surface area (Å²) in [6, 6.07) is 9.53. The molecule has 2 heteroatoms. The van der Waals surface area contributed by atoms with Crippen LogP contribution in [0.4, 0.5) is 0 Å². The van der Waals surface area contributed by atoms with Gasteiger partial charge < -0.3 is 0 Å². The summed E-state index contributed by atoms with van der Waals surface area (Å²) in [6.07, 6.45) is 0. The number of hydrogen-bond donors (Lipinski definition) is 0. The first-order chi connectivity index (χ1) is 6.25. The molecule has 0 spiro atoms. The molecule has 0 fully saturated rings. The van der Waals surface area contributed by atoms with Crippen molar-refractivity contribution in [2.75, 3.05) is 0 Å². The van der Waals surface area contributed by atoms with E-state index in [1.54, 1.807) is 6.07 Å². The molecular weight excluding hydrogens is 162 g/mol. The topological polar surface area (TPSA) is 40.9 Å². The maximum absolute atomic E-state index is 11.6. The summed E-state index contributed by atoms with van der Waals surface area (Å²) in [5.41, 5.74) is 1.74. The van der Waals surface area contributed by atoms with E-state index in [9.17, 15) is 4.79 Å². The lowest BCUT2D eigenvalue weighted by atomic mass is 9.96. The minimum absolute atomic E-state index is 0.0226. The van der Waals surface area contributed by atoms with Crippen molar-refractivity contribution in [3.05, 3.63) is 35.4 Å². The highest BCUT2D eigenvalue weighted by Crippen LogP contribution is 2.36. The molecule has 0 saturated carbocycles. The highest BCUT2D eigenvalue weighted by atomic mass is 16.1. The van der Waals surface area contributed by atoms with E-state index in [1.165, 1.54) is 0 Å². The van der Waals surface area contributed by atoms with Crippen LogP contribution in [-0.2, 0) is 0 Å². The minimum atomic E-state index is -0.475. The molecule has 1 aliphatic rings. The molecule has 2 nitrogen and oxygen atoms in total. The number of carbonyl (C=O) groups is 1. The fourth-order valence-corrected chi connectivity index (χ4v) is 1.86. The normalized spacial score (nSPS) is 25.4. The van der Waals surface area contributed by atoms with Crippen molar-refractivity contribution in [1.29, 1.82) is 5.26 Å². The van der Waals surface area contributed by atoms with Crippen molar-refractivity contribution in [1.82, 2.24) is 0 Å². The Bertz CT molecular complexity index is 403. The van der Waals surface area contributed by atoms with Gasteiger partial charge in [0.2, 0.25) is 0 Å². The van der Waals surface area contributed by atoms with Crippen LogP contribution in [0, 0.1) is 17.2 Å². The molecule has 1 aromatic carbocycles. The fourth-order valence-electron chi connectivity index (χ4n) is 1.86. The van der Waals surface area contributed by atoms with Crippen LogP contribution in [0.2, 0.25) is 0 Å². The van der Waals surface area contributed by atoms with Gasteiger partial charge in [0.05, 0.1) is 6.07 Å². The molecule has 0 radical (unpaired) electrons. The number of Topliss-reactive ketones (excluding diaryl/α,β-unsaturated/α-hetero) is 1. The minimum Gasteiger partial charge on any atom is -0.293 e. The maximum Gasteiger partial charge on any atom is 0.180 e. The van der Waals surface area contributed by atoms with Crippen LogP contribution in [0.1, 0.15) is 28.8 Å².